The highest BCUT2D eigenvalue weighted by molar-refractivity contribution is 7.15. The quantitative estimate of drug-likeness (QED) is 0.858. The van der Waals surface area contributed by atoms with Gasteiger partial charge in [0.25, 0.3) is 0 Å². The maximum absolute atomic E-state index is 12.7. The van der Waals surface area contributed by atoms with Gasteiger partial charge in [-0.1, -0.05) is 30.3 Å². The van der Waals surface area contributed by atoms with E-state index in [1.165, 1.54) is 20.9 Å². The average Bonchev–Trinajstić information content (AvgIpc) is 3.40. The van der Waals surface area contributed by atoms with E-state index in [9.17, 15) is 4.79 Å². The van der Waals surface area contributed by atoms with Crippen molar-refractivity contribution in [3.63, 3.8) is 0 Å². The summed E-state index contributed by atoms with van der Waals surface area (Å²) in [6, 6.07) is 13.0. The fraction of sp³-hybridized carbons (Fsp3) is 0.522. The second-order valence-corrected chi connectivity index (χ2v) is 9.42. The third-order valence-corrected chi connectivity index (χ3v) is 7.99. The van der Waals surface area contributed by atoms with Gasteiger partial charge in [-0.25, -0.2) is 0 Å². The lowest BCUT2D eigenvalue weighted by Gasteiger charge is -2.43. The fourth-order valence-electron chi connectivity index (χ4n) is 4.92. The number of piperidine rings is 1. The van der Waals surface area contributed by atoms with Crippen LogP contribution < -0.4 is 5.32 Å². The van der Waals surface area contributed by atoms with Gasteiger partial charge in [0, 0.05) is 29.3 Å². The molecule has 0 bridgehead atoms. The molecule has 1 atom stereocenters. The van der Waals surface area contributed by atoms with E-state index in [-0.39, 0.29) is 5.60 Å². The van der Waals surface area contributed by atoms with Gasteiger partial charge >= 0.3 is 0 Å². The zero-order valence-corrected chi connectivity index (χ0v) is 17.1. The number of hydrogen-bond donors (Lipinski definition) is 1. The number of rotatable bonds is 3. The topological polar surface area (TPSA) is 41.6 Å². The Morgan fingerprint density at radius 3 is 2.82 bits per heavy atom. The van der Waals surface area contributed by atoms with Gasteiger partial charge in [0.05, 0.1) is 6.61 Å². The molecule has 1 amide bonds. The van der Waals surface area contributed by atoms with Crippen LogP contribution in [0.4, 0.5) is 0 Å². The van der Waals surface area contributed by atoms with Crippen molar-refractivity contribution >= 4 is 17.2 Å². The summed E-state index contributed by atoms with van der Waals surface area (Å²) >= 11 is 1.89. The van der Waals surface area contributed by atoms with Gasteiger partial charge in [-0.15, -0.1) is 11.3 Å². The van der Waals surface area contributed by atoms with Crippen LogP contribution in [0.3, 0.4) is 0 Å². The molecule has 1 aromatic carbocycles. The summed E-state index contributed by atoms with van der Waals surface area (Å²) in [5.74, 6) is 0.849. The maximum atomic E-state index is 12.7. The van der Waals surface area contributed by atoms with E-state index in [0.717, 1.165) is 58.5 Å². The lowest BCUT2D eigenvalue weighted by atomic mass is 9.85. The first-order valence-electron chi connectivity index (χ1n) is 10.5. The number of ether oxygens (including phenoxy) is 1. The zero-order valence-electron chi connectivity index (χ0n) is 16.3. The van der Waals surface area contributed by atoms with E-state index in [2.05, 4.69) is 46.6 Å². The molecule has 2 saturated heterocycles. The van der Waals surface area contributed by atoms with Crippen LogP contribution in [0.2, 0.25) is 0 Å². The third-order valence-electron chi connectivity index (χ3n) is 6.58. The molecule has 1 N–H and O–H groups in total. The highest BCUT2D eigenvalue weighted by Crippen LogP contribution is 2.47. The molecular formula is C23H28N2O2S. The van der Waals surface area contributed by atoms with E-state index in [1.54, 1.807) is 0 Å². The first kappa shape index (κ1) is 18.3. The van der Waals surface area contributed by atoms with E-state index in [0.29, 0.717) is 18.2 Å². The second-order valence-electron chi connectivity index (χ2n) is 8.37. The molecule has 4 heterocycles. The minimum atomic E-state index is -0.184. The van der Waals surface area contributed by atoms with Crippen molar-refractivity contribution in [3.05, 3.63) is 46.8 Å². The number of fused-ring (bicyclic) bond motifs is 2. The fourth-order valence-corrected chi connectivity index (χ4v) is 6.34. The Balaban J connectivity index is 1.31. The Morgan fingerprint density at radius 1 is 1.25 bits per heavy atom. The largest absolute Gasteiger partial charge is 0.369 e. The summed E-state index contributed by atoms with van der Waals surface area (Å²) in [6.07, 6.45) is 4.67. The second kappa shape index (κ2) is 7.62. The minimum absolute atomic E-state index is 0.184. The minimum Gasteiger partial charge on any atom is -0.369 e. The third kappa shape index (κ3) is 3.40. The number of carbonyl (C=O) groups excluding carboxylic acids is 1. The molecule has 1 aromatic heterocycles. The van der Waals surface area contributed by atoms with Crippen molar-refractivity contribution in [2.45, 2.75) is 37.7 Å². The summed E-state index contributed by atoms with van der Waals surface area (Å²) in [5.41, 5.74) is 2.55. The Bertz CT molecular complexity index is 834. The monoisotopic (exact) mass is 396 g/mol. The first-order valence-corrected chi connectivity index (χ1v) is 11.4. The van der Waals surface area contributed by atoms with Crippen molar-refractivity contribution in [1.82, 2.24) is 10.2 Å². The number of amides is 1. The SMILES string of the molecule is O=C(CC1CCNC1)N1CCC2(CC1)OCCc1cc(-c3ccccc3)sc12. The molecule has 5 rings (SSSR count). The van der Waals surface area contributed by atoms with Crippen LogP contribution in [0.1, 0.15) is 36.1 Å². The highest BCUT2D eigenvalue weighted by atomic mass is 32.1. The molecule has 4 nitrogen and oxygen atoms in total. The molecule has 2 fully saturated rings. The average molecular weight is 397 g/mol. The van der Waals surface area contributed by atoms with Crippen LogP contribution in [0, 0.1) is 5.92 Å². The Morgan fingerprint density at radius 2 is 2.07 bits per heavy atom. The molecule has 1 spiro atoms. The maximum Gasteiger partial charge on any atom is 0.222 e. The van der Waals surface area contributed by atoms with Crippen LogP contribution >= 0.6 is 11.3 Å². The lowest BCUT2D eigenvalue weighted by molar-refractivity contribution is -0.141. The van der Waals surface area contributed by atoms with Crippen LogP contribution in [0.15, 0.2) is 36.4 Å². The number of nitrogens with zero attached hydrogens (tertiary/aromatic N) is 1. The van der Waals surface area contributed by atoms with Crippen LogP contribution in [0.25, 0.3) is 10.4 Å². The summed E-state index contributed by atoms with van der Waals surface area (Å²) in [7, 11) is 0. The number of carbonyl (C=O) groups is 1. The molecule has 0 radical (unpaired) electrons. The lowest BCUT2D eigenvalue weighted by Crippen LogP contribution is -2.48. The molecular weight excluding hydrogens is 368 g/mol. The van der Waals surface area contributed by atoms with Crippen LogP contribution in [-0.2, 0) is 21.6 Å². The van der Waals surface area contributed by atoms with Gasteiger partial charge in [-0.05, 0) is 61.9 Å². The van der Waals surface area contributed by atoms with Crippen molar-refractivity contribution in [2.24, 2.45) is 5.92 Å². The summed E-state index contributed by atoms with van der Waals surface area (Å²) < 4.78 is 6.41. The molecule has 2 aromatic rings. The van der Waals surface area contributed by atoms with Crippen molar-refractivity contribution in [1.29, 1.82) is 0 Å². The molecule has 1 unspecified atom stereocenters. The zero-order chi connectivity index (χ0) is 19.0. The van der Waals surface area contributed by atoms with Gasteiger partial charge in [0.2, 0.25) is 5.91 Å². The Kier molecular flexibility index (Phi) is 4.99. The summed E-state index contributed by atoms with van der Waals surface area (Å²) in [6.45, 7) is 4.47. The van der Waals surface area contributed by atoms with Gasteiger partial charge < -0.3 is 15.0 Å². The number of likely N-dealkylation sites (tertiary alicyclic amines) is 1. The van der Waals surface area contributed by atoms with Gasteiger partial charge in [-0.2, -0.15) is 0 Å². The van der Waals surface area contributed by atoms with E-state index in [1.807, 2.05) is 11.3 Å². The number of thiophene rings is 1. The normalized spacial score (nSPS) is 23.7. The van der Waals surface area contributed by atoms with Gasteiger partial charge in [0.15, 0.2) is 0 Å². The van der Waals surface area contributed by atoms with Crippen LogP contribution in [-0.4, -0.2) is 43.6 Å². The first-order chi connectivity index (χ1) is 13.7. The molecule has 0 saturated carbocycles. The van der Waals surface area contributed by atoms with Gasteiger partial charge in [-0.3, -0.25) is 4.79 Å². The molecule has 0 aliphatic carbocycles. The number of benzene rings is 1. The highest BCUT2D eigenvalue weighted by Gasteiger charge is 2.43. The number of hydrogen-bond acceptors (Lipinski definition) is 4. The van der Waals surface area contributed by atoms with E-state index < -0.39 is 0 Å². The van der Waals surface area contributed by atoms with Crippen LogP contribution in [0.5, 0.6) is 0 Å². The van der Waals surface area contributed by atoms with E-state index >= 15 is 0 Å². The number of nitrogens with one attached hydrogen (secondary N) is 1. The molecule has 3 aliphatic rings. The van der Waals surface area contributed by atoms with Crippen molar-refractivity contribution in [2.75, 3.05) is 32.8 Å². The predicted octanol–water partition coefficient (Wildman–Crippen LogP) is 3.81. The van der Waals surface area contributed by atoms with Crippen molar-refractivity contribution < 1.29 is 9.53 Å². The molecule has 5 heteroatoms. The predicted molar refractivity (Wildman–Crippen MR) is 112 cm³/mol. The Hall–Kier alpha value is -1.69. The summed E-state index contributed by atoms with van der Waals surface area (Å²) in [4.78, 5) is 17.5. The molecule has 148 valence electrons. The summed E-state index contributed by atoms with van der Waals surface area (Å²) in [5, 5.41) is 3.36. The van der Waals surface area contributed by atoms with Crippen molar-refractivity contribution in [3.8, 4) is 10.4 Å². The molecule has 28 heavy (non-hydrogen) atoms. The molecule has 3 aliphatic heterocycles. The standard InChI is InChI=1S/C23H28N2O2S/c26-21(14-17-6-10-24-16-17)25-11-8-23(9-12-25)22-19(7-13-27-23)15-20(28-22)18-4-2-1-3-5-18/h1-5,15,17,24H,6-14,16H2. The van der Waals surface area contributed by atoms with E-state index in [4.69, 9.17) is 4.74 Å². The Labute approximate surface area is 170 Å². The van der Waals surface area contributed by atoms with Gasteiger partial charge in [0.1, 0.15) is 5.60 Å². The smallest absolute Gasteiger partial charge is 0.222 e.